The van der Waals surface area contributed by atoms with Crippen molar-refractivity contribution in [3.63, 3.8) is 0 Å². The van der Waals surface area contributed by atoms with Crippen molar-refractivity contribution in [3.8, 4) is 0 Å². The van der Waals surface area contributed by atoms with E-state index in [-0.39, 0.29) is 11.8 Å². The zero-order valence-electron chi connectivity index (χ0n) is 17.0. The number of nitrogens with zero attached hydrogens (tertiary/aromatic N) is 1. The van der Waals surface area contributed by atoms with E-state index in [4.69, 9.17) is 11.6 Å². The fourth-order valence-electron chi connectivity index (χ4n) is 2.99. The zero-order valence-corrected chi connectivity index (χ0v) is 17.7. The molecule has 0 aliphatic rings. The lowest BCUT2D eigenvalue weighted by molar-refractivity contribution is 0.0952. The number of anilines is 1. The Labute approximate surface area is 181 Å². The molecule has 0 heterocycles. The molecule has 0 unspecified atom stereocenters. The molecule has 2 amide bonds. The molecule has 0 aliphatic heterocycles. The van der Waals surface area contributed by atoms with Gasteiger partial charge in [0.25, 0.3) is 11.8 Å². The normalized spacial score (nSPS) is 10.7. The van der Waals surface area contributed by atoms with E-state index >= 15 is 0 Å². The minimum absolute atomic E-state index is 0.251. The molecular weight excluding hydrogens is 398 g/mol. The van der Waals surface area contributed by atoms with Crippen LogP contribution in [-0.2, 0) is 13.1 Å². The maximum absolute atomic E-state index is 12.7. The molecule has 3 rings (SSSR count). The smallest absolute Gasteiger partial charge is 0.255 e. The number of amides is 2. The summed E-state index contributed by atoms with van der Waals surface area (Å²) in [6.45, 7) is 1.27. The van der Waals surface area contributed by atoms with Crippen LogP contribution in [0.3, 0.4) is 0 Å². The van der Waals surface area contributed by atoms with Crippen LogP contribution < -0.4 is 10.6 Å². The Bertz CT molecular complexity index is 1020. The van der Waals surface area contributed by atoms with E-state index in [0.717, 1.165) is 12.1 Å². The topological polar surface area (TPSA) is 61.4 Å². The summed E-state index contributed by atoms with van der Waals surface area (Å²) in [5.41, 5.74) is 3.55. The van der Waals surface area contributed by atoms with E-state index < -0.39 is 0 Å². The third kappa shape index (κ3) is 5.92. The third-order valence-electron chi connectivity index (χ3n) is 4.50. The van der Waals surface area contributed by atoms with Crippen LogP contribution in [0.15, 0.2) is 72.8 Å². The van der Waals surface area contributed by atoms with Crippen molar-refractivity contribution in [2.24, 2.45) is 0 Å². The molecule has 0 aromatic heterocycles. The monoisotopic (exact) mass is 421 g/mol. The Hall–Kier alpha value is -3.15. The van der Waals surface area contributed by atoms with Crippen LogP contribution in [0.1, 0.15) is 31.8 Å². The Morgan fingerprint density at radius 1 is 0.833 bits per heavy atom. The van der Waals surface area contributed by atoms with Gasteiger partial charge in [-0.3, -0.25) is 9.59 Å². The Morgan fingerprint density at radius 2 is 1.47 bits per heavy atom. The van der Waals surface area contributed by atoms with Crippen molar-refractivity contribution >= 4 is 29.1 Å². The van der Waals surface area contributed by atoms with E-state index in [1.165, 1.54) is 5.56 Å². The second-order valence-electron chi connectivity index (χ2n) is 7.24. The standard InChI is InChI=1S/C24H24ClN3O2/c1-28(2)16-18-9-7-17(8-10-18)15-26-24(30)21-5-3-4-6-22(21)27-23(29)19-11-13-20(25)14-12-19/h3-14H,15-16H2,1-2H3,(H,26,30)(H,27,29). The molecule has 0 aliphatic carbocycles. The molecule has 154 valence electrons. The molecule has 30 heavy (non-hydrogen) atoms. The van der Waals surface area contributed by atoms with Crippen LogP contribution >= 0.6 is 11.6 Å². The minimum Gasteiger partial charge on any atom is -0.348 e. The number of carbonyl (C=O) groups is 2. The van der Waals surface area contributed by atoms with Crippen molar-refractivity contribution < 1.29 is 9.59 Å². The number of hydrogen-bond acceptors (Lipinski definition) is 3. The lowest BCUT2D eigenvalue weighted by Gasteiger charge is -2.12. The number of nitrogens with one attached hydrogen (secondary N) is 2. The highest BCUT2D eigenvalue weighted by atomic mass is 35.5. The van der Waals surface area contributed by atoms with Crippen molar-refractivity contribution in [1.29, 1.82) is 0 Å². The highest BCUT2D eigenvalue weighted by Crippen LogP contribution is 2.17. The minimum atomic E-state index is -0.302. The third-order valence-corrected chi connectivity index (χ3v) is 4.75. The largest absolute Gasteiger partial charge is 0.348 e. The summed E-state index contributed by atoms with van der Waals surface area (Å²) < 4.78 is 0. The molecule has 5 nitrogen and oxygen atoms in total. The summed E-state index contributed by atoms with van der Waals surface area (Å²) in [4.78, 5) is 27.3. The van der Waals surface area contributed by atoms with E-state index in [0.29, 0.717) is 28.4 Å². The van der Waals surface area contributed by atoms with Gasteiger partial charge >= 0.3 is 0 Å². The van der Waals surface area contributed by atoms with Crippen molar-refractivity contribution in [2.45, 2.75) is 13.1 Å². The molecule has 0 saturated heterocycles. The number of benzene rings is 3. The van der Waals surface area contributed by atoms with Gasteiger partial charge in [-0.1, -0.05) is 48.0 Å². The first kappa shape index (κ1) is 21.6. The molecule has 6 heteroatoms. The second kappa shape index (κ2) is 10.1. The van der Waals surface area contributed by atoms with E-state index in [1.54, 1.807) is 48.5 Å². The van der Waals surface area contributed by atoms with Gasteiger partial charge in [0.05, 0.1) is 11.3 Å². The van der Waals surface area contributed by atoms with Crippen LogP contribution in [0.4, 0.5) is 5.69 Å². The first-order valence-electron chi connectivity index (χ1n) is 9.59. The maximum Gasteiger partial charge on any atom is 0.255 e. The van der Waals surface area contributed by atoms with Gasteiger partial charge in [-0.25, -0.2) is 0 Å². The zero-order chi connectivity index (χ0) is 21.5. The average Bonchev–Trinajstić information content (AvgIpc) is 2.73. The molecule has 0 bridgehead atoms. The van der Waals surface area contributed by atoms with E-state index in [2.05, 4.69) is 27.7 Å². The summed E-state index contributed by atoms with van der Waals surface area (Å²) in [7, 11) is 4.05. The fourth-order valence-corrected chi connectivity index (χ4v) is 3.12. The number of hydrogen-bond donors (Lipinski definition) is 2. The lowest BCUT2D eigenvalue weighted by atomic mass is 10.1. The number of rotatable bonds is 7. The van der Waals surface area contributed by atoms with Gasteiger partial charge < -0.3 is 15.5 Å². The molecule has 0 atom stereocenters. The SMILES string of the molecule is CN(C)Cc1ccc(CNC(=O)c2ccccc2NC(=O)c2ccc(Cl)cc2)cc1. The first-order valence-corrected chi connectivity index (χ1v) is 9.97. The van der Waals surface area contributed by atoms with Crippen LogP contribution in [0, 0.1) is 0 Å². The van der Waals surface area contributed by atoms with Gasteiger partial charge in [-0.05, 0) is 61.6 Å². The van der Waals surface area contributed by atoms with Crippen LogP contribution in [0.25, 0.3) is 0 Å². The Kier molecular flexibility index (Phi) is 7.22. The van der Waals surface area contributed by atoms with Crippen LogP contribution in [0.2, 0.25) is 5.02 Å². The van der Waals surface area contributed by atoms with Crippen molar-refractivity contribution in [1.82, 2.24) is 10.2 Å². The average molecular weight is 422 g/mol. The molecule has 0 fully saturated rings. The maximum atomic E-state index is 12.7. The van der Waals surface area contributed by atoms with Crippen molar-refractivity contribution in [2.75, 3.05) is 19.4 Å². The molecular formula is C24H24ClN3O2. The van der Waals surface area contributed by atoms with Gasteiger partial charge in [0.15, 0.2) is 0 Å². The fraction of sp³-hybridized carbons (Fsp3) is 0.167. The predicted octanol–water partition coefficient (Wildman–Crippen LogP) is 4.58. The molecule has 3 aromatic carbocycles. The lowest BCUT2D eigenvalue weighted by Crippen LogP contribution is -2.25. The Morgan fingerprint density at radius 3 is 2.13 bits per heavy atom. The molecule has 3 aromatic rings. The molecule has 2 N–H and O–H groups in total. The summed E-state index contributed by atoms with van der Waals surface area (Å²) in [6.07, 6.45) is 0. The summed E-state index contributed by atoms with van der Waals surface area (Å²) in [6, 6.07) is 21.6. The van der Waals surface area contributed by atoms with Gasteiger partial charge in [0.2, 0.25) is 0 Å². The highest BCUT2D eigenvalue weighted by molar-refractivity contribution is 6.30. The molecule has 0 radical (unpaired) electrons. The van der Waals surface area contributed by atoms with E-state index in [1.807, 2.05) is 26.2 Å². The first-order chi connectivity index (χ1) is 14.4. The molecule has 0 spiro atoms. The summed E-state index contributed by atoms with van der Waals surface area (Å²) in [5, 5.41) is 6.28. The number of para-hydroxylation sites is 1. The Balaban J connectivity index is 1.65. The van der Waals surface area contributed by atoms with Gasteiger partial charge in [0, 0.05) is 23.7 Å². The number of carbonyl (C=O) groups excluding carboxylic acids is 2. The summed E-state index contributed by atoms with van der Waals surface area (Å²) in [5.74, 6) is -0.553. The van der Waals surface area contributed by atoms with Gasteiger partial charge in [0.1, 0.15) is 0 Å². The summed E-state index contributed by atoms with van der Waals surface area (Å²) >= 11 is 5.87. The van der Waals surface area contributed by atoms with Crippen LogP contribution in [0.5, 0.6) is 0 Å². The van der Waals surface area contributed by atoms with Gasteiger partial charge in [-0.2, -0.15) is 0 Å². The predicted molar refractivity (Wildman–Crippen MR) is 121 cm³/mol. The van der Waals surface area contributed by atoms with Gasteiger partial charge in [-0.15, -0.1) is 0 Å². The highest BCUT2D eigenvalue weighted by Gasteiger charge is 2.14. The second-order valence-corrected chi connectivity index (χ2v) is 7.68. The van der Waals surface area contributed by atoms with Crippen molar-refractivity contribution in [3.05, 3.63) is 100 Å². The van der Waals surface area contributed by atoms with Crippen LogP contribution in [-0.4, -0.2) is 30.8 Å². The number of halogens is 1. The quantitative estimate of drug-likeness (QED) is 0.586. The van der Waals surface area contributed by atoms with E-state index in [9.17, 15) is 9.59 Å². The molecule has 0 saturated carbocycles.